The number of nitrogens with one attached hydrogen (secondary N) is 1. The first kappa shape index (κ1) is 20.8. The molecule has 0 aromatic rings. The van der Waals surface area contributed by atoms with E-state index in [1.54, 1.807) is 13.3 Å². The smallest absolute Gasteiger partial charge is 0.442 e. The summed E-state index contributed by atoms with van der Waals surface area (Å²) in [6, 6.07) is -0.264. The fourth-order valence-electron chi connectivity index (χ4n) is 1.73. The molecule has 134 valence electrons. The quantitative estimate of drug-likeness (QED) is 0.124. The molecular formula is C6H16BN2O11P3. The molecule has 1 aliphatic rings. The summed E-state index contributed by atoms with van der Waals surface area (Å²) in [5.41, 5.74) is 1.77. The SMILES string of the molecule is B[C@H]1C[C@@H](OC(=O)NN)[C@@H](CO[PH](=O)O[PH](=O)OP(=O)(O)O)O1. The molecule has 5 atom stereocenters. The Bertz CT molecular complexity index is 514. The van der Waals surface area contributed by atoms with Gasteiger partial charge in [-0.2, -0.15) is 0 Å². The van der Waals surface area contributed by atoms with E-state index in [0.717, 1.165) is 0 Å². The van der Waals surface area contributed by atoms with Crippen LogP contribution in [0.25, 0.3) is 0 Å². The van der Waals surface area contributed by atoms with E-state index in [-0.39, 0.29) is 12.6 Å². The number of hydrazine groups is 1. The summed E-state index contributed by atoms with van der Waals surface area (Å²) in [5, 5.41) is 0. The Kier molecular flexibility index (Phi) is 8.39. The first-order chi connectivity index (χ1) is 10.6. The van der Waals surface area contributed by atoms with Gasteiger partial charge in [-0.25, -0.2) is 23.8 Å². The van der Waals surface area contributed by atoms with Gasteiger partial charge in [-0.1, -0.05) is 0 Å². The third-order valence-electron chi connectivity index (χ3n) is 2.49. The second-order valence-electron chi connectivity index (χ2n) is 4.30. The van der Waals surface area contributed by atoms with Gasteiger partial charge in [0.15, 0.2) is 0 Å². The predicted molar refractivity (Wildman–Crippen MR) is 77.6 cm³/mol. The number of carbonyl (C=O) groups excluding carboxylic acids is 1. The van der Waals surface area contributed by atoms with Crippen molar-refractivity contribution in [3.8, 4) is 0 Å². The summed E-state index contributed by atoms with van der Waals surface area (Å²) in [6.45, 7) is -0.338. The molecule has 2 unspecified atom stereocenters. The van der Waals surface area contributed by atoms with Gasteiger partial charge in [0, 0.05) is 12.4 Å². The lowest BCUT2D eigenvalue weighted by Gasteiger charge is -2.18. The molecule has 0 aromatic heterocycles. The van der Waals surface area contributed by atoms with Gasteiger partial charge in [0.1, 0.15) is 20.1 Å². The largest absolute Gasteiger partial charge is 0.476 e. The van der Waals surface area contributed by atoms with Gasteiger partial charge >= 0.3 is 30.4 Å². The Morgan fingerprint density at radius 2 is 2.09 bits per heavy atom. The fourth-order valence-corrected chi connectivity index (χ4v) is 4.07. The number of amides is 1. The molecule has 0 radical (unpaired) electrons. The third kappa shape index (κ3) is 8.41. The zero-order valence-electron chi connectivity index (χ0n) is 11.7. The minimum atomic E-state index is -5.03. The molecule has 23 heavy (non-hydrogen) atoms. The second-order valence-corrected chi connectivity index (χ2v) is 8.12. The van der Waals surface area contributed by atoms with Gasteiger partial charge < -0.3 is 23.8 Å². The zero-order valence-corrected chi connectivity index (χ0v) is 14.6. The van der Waals surface area contributed by atoms with Crippen LogP contribution in [0.3, 0.4) is 0 Å². The Labute approximate surface area is 132 Å². The van der Waals surface area contributed by atoms with Crippen LogP contribution in [0.4, 0.5) is 4.79 Å². The van der Waals surface area contributed by atoms with Gasteiger partial charge in [0.25, 0.3) is 0 Å². The first-order valence-electron chi connectivity index (χ1n) is 6.07. The standard InChI is InChI=1S/C6H16BN2O11P3/c7-5-1-3(18-6(10)9-8)4(17-5)2-16-21(11)19-22(12)20-23(13,14)15/h3-5,21-22H,1-2,7-8H2,(H,9,10)(H2,13,14,15)/t3-,4-,5-/m1/s1. The fraction of sp³-hybridized carbons (Fsp3) is 0.833. The summed E-state index contributed by atoms with van der Waals surface area (Å²) in [4.78, 5) is 27.9. The molecule has 1 rings (SSSR count). The minimum Gasteiger partial charge on any atom is -0.442 e. The lowest BCUT2D eigenvalue weighted by atomic mass is 9.96. The van der Waals surface area contributed by atoms with E-state index in [1.807, 2.05) is 0 Å². The van der Waals surface area contributed by atoms with Gasteiger partial charge in [-0.15, -0.1) is 0 Å². The molecule has 13 nitrogen and oxygen atoms in total. The maximum absolute atomic E-state index is 11.4. The molecular weight excluding hydrogens is 380 g/mol. The predicted octanol–water partition coefficient (Wildman–Crippen LogP) is -1.38. The number of carbonyl (C=O) groups is 1. The van der Waals surface area contributed by atoms with Crippen molar-refractivity contribution in [3.05, 3.63) is 0 Å². The number of hydrogen-bond donors (Lipinski definition) is 4. The van der Waals surface area contributed by atoms with Crippen LogP contribution in [0.2, 0.25) is 0 Å². The summed E-state index contributed by atoms with van der Waals surface area (Å²) in [5.74, 6) is 4.89. The molecule has 1 aliphatic heterocycles. The second kappa shape index (κ2) is 9.29. The van der Waals surface area contributed by atoms with Crippen LogP contribution in [-0.4, -0.2) is 48.5 Å². The normalized spacial score (nSPS) is 27.3. The molecule has 0 aliphatic carbocycles. The van der Waals surface area contributed by atoms with Crippen LogP contribution >= 0.6 is 24.3 Å². The van der Waals surface area contributed by atoms with Gasteiger partial charge in [-0.3, -0.25) is 14.6 Å². The highest BCUT2D eigenvalue weighted by Crippen LogP contribution is 2.52. The maximum Gasteiger partial charge on any atom is 0.476 e. The van der Waals surface area contributed by atoms with E-state index in [2.05, 4.69) is 8.62 Å². The van der Waals surface area contributed by atoms with Crippen LogP contribution in [-0.2, 0) is 36.3 Å². The molecule has 1 amide bonds. The molecule has 0 spiro atoms. The van der Waals surface area contributed by atoms with Crippen molar-refractivity contribution in [2.45, 2.75) is 24.6 Å². The third-order valence-corrected chi connectivity index (χ3v) is 5.77. The monoisotopic (exact) mass is 396 g/mol. The van der Waals surface area contributed by atoms with Crippen LogP contribution in [0, 0.1) is 0 Å². The number of nitrogens with two attached hydrogens (primary N) is 1. The van der Waals surface area contributed by atoms with Crippen molar-refractivity contribution in [2.24, 2.45) is 5.84 Å². The minimum absolute atomic E-state index is 0.264. The lowest BCUT2D eigenvalue weighted by molar-refractivity contribution is -0.00586. The molecule has 1 heterocycles. The highest BCUT2D eigenvalue weighted by Gasteiger charge is 2.36. The zero-order chi connectivity index (χ0) is 17.6. The average Bonchev–Trinajstić information content (AvgIpc) is 2.73. The summed E-state index contributed by atoms with van der Waals surface area (Å²) < 4.78 is 55.8. The van der Waals surface area contributed by atoms with Crippen molar-refractivity contribution in [1.29, 1.82) is 0 Å². The number of rotatable bonds is 8. The number of phosphoric acid groups is 1. The lowest BCUT2D eigenvalue weighted by Crippen LogP contribution is -2.37. The highest BCUT2D eigenvalue weighted by atomic mass is 31.3. The Morgan fingerprint density at radius 3 is 2.65 bits per heavy atom. The van der Waals surface area contributed by atoms with Crippen molar-refractivity contribution in [3.63, 3.8) is 0 Å². The maximum atomic E-state index is 11.4. The van der Waals surface area contributed by atoms with Gasteiger partial charge in [0.05, 0.1) is 6.61 Å². The van der Waals surface area contributed by atoms with E-state index >= 15 is 0 Å². The Balaban J connectivity index is 2.43. The van der Waals surface area contributed by atoms with Crippen LogP contribution < -0.4 is 11.3 Å². The highest BCUT2D eigenvalue weighted by molar-refractivity contribution is 7.58. The van der Waals surface area contributed by atoms with Crippen LogP contribution in [0.15, 0.2) is 0 Å². The van der Waals surface area contributed by atoms with Crippen molar-refractivity contribution >= 4 is 38.3 Å². The van der Waals surface area contributed by atoms with Gasteiger partial charge in [0.2, 0.25) is 0 Å². The summed E-state index contributed by atoms with van der Waals surface area (Å²) in [6.07, 6.45) is -2.03. The molecule has 1 fully saturated rings. The van der Waals surface area contributed by atoms with Crippen LogP contribution in [0.5, 0.6) is 0 Å². The number of ether oxygens (including phenoxy) is 2. The van der Waals surface area contributed by atoms with Crippen LogP contribution in [0.1, 0.15) is 6.42 Å². The molecule has 0 bridgehead atoms. The average molecular weight is 396 g/mol. The van der Waals surface area contributed by atoms with E-state index in [9.17, 15) is 18.5 Å². The first-order valence-corrected chi connectivity index (χ1v) is 10.0. The molecule has 5 N–H and O–H groups in total. The topological polar surface area (TPSA) is 193 Å². The van der Waals surface area contributed by atoms with E-state index in [1.165, 1.54) is 0 Å². The van der Waals surface area contributed by atoms with E-state index < -0.39 is 42.6 Å². The van der Waals surface area contributed by atoms with Crippen molar-refractivity contribution in [2.75, 3.05) is 6.61 Å². The molecule has 0 saturated carbocycles. The van der Waals surface area contributed by atoms with E-state index in [4.69, 9.17) is 29.6 Å². The van der Waals surface area contributed by atoms with E-state index in [0.29, 0.717) is 6.42 Å². The molecule has 1 saturated heterocycles. The van der Waals surface area contributed by atoms with Crippen molar-refractivity contribution < 1.29 is 50.9 Å². The Morgan fingerprint density at radius 1 is 1.43 bits per heavy atom. The van der Waals surface area contributed by atoms with Gasteiger partial charge in [-0.05, 0) is 0 Å². The summed E-state index contributed by atoms with van der Waals surface area (Å²) in [7, 11) is -10.4. The number of hydrogen-bond acceptors (Lipinski definition) is 10. The van der Waals surface area contributed by atoms with Crippen molar-refractivity contribution in [1.82, 2.24) is 5.43 Å². The Hall–Kier alpha value is -0.255. The molecule has 0 aromatic carbocycles. The summed E-state index contributed by atoms with van der Waals surface area (Å²) >= 11 is 0. The molecule has 17 heteroatoms.